The number of hydrogen-bond acceptors (Lipinski definition) is 5. The number of carboxylic acid groups (broad SMARTS) is 1. The van der Waals surface area contributed by atoms with E-state index in [1.165, 1.54) is 12.1 Å². The van der Waals surface area contributed by atoms with Crippen LogP contribution >= 0.6 is 11.6 Å². The van der Waals surface area contributed by atoms with Crippen LogP contribution in [0.3, 0.4) is 0 Å². The zero-order chi connectivity index (χ0) is 25.8. The molecule has 1 aliphatic rings. The highest BCUT2D eigenvalue weighted by atomic mass is 35.5. The van der Waals surface area contributed by atoms with Crippen molar-refractivity contribution in [3.63, 3.8) is 0 Å². The largest absolute Gasteiger partial charge is 0.478 e. The summed E-state index contributed by atoms with van der Waals surface area (Å²) in [6.45, 7) is 4.13. The quantitative estimate of drug-likeness (QED) is 0.302. The van der Waals surface area contributed by atoms with Crippen LogP contribution in [0.25, 0.3) is 21.9 Å². The molecule has 1 saturated heterocycles. The van der Waals surface area contributed by atoms with Gasteiger partial charge < -0.3 is 20.5 Å². The molecule has 0 aliphatic carbocycles. The van der Waals surface area contributed by atoms with Gasteiger partial charge in [0, 0.05) is 42.5 Å². The number of nitrogens with zero attached hydrogens (tertiary/aromatic N) is 2. The van der Waals surface area contributed by atoms with Crippen molar-refractivity contribution in [1.29, 1.82) is 0 Å². The van der Waals surface area contributed by atoms with Gasteiger partial charge in [-0.05, 0) is 41.3 Å². The summed E-state index contributed by atoms with van der Waals surface area (Å²) >= 11 is 5.92. The average molecular weight is 517 g/mol. The number of carboxylic acids is 1. The van der Waals surface area contributed by atoms with Gasteiger partial charge in [0.25, 0.3) is 0 Å². The Morgan fingerprint density at radius 1 is 0.973 bits per heavy atom. The molecule has 5 rings (SSSR count). The summed E-state index contributed by atoms with van der Waals surface area (Å²) < 4.78 is 5.42. The van der Waals surface area contributed by atoms with Crippen molar-refractivity contribution in [2.45, 2.75) is 6.54 Å². The van der Waals surface area contributed by atoms with E-state index in [0.717, 1.165) is 60.4 Å². The monoisotopic (exact) mass is 516 g/mol. The fourth-order valence-corrected chi connectivity index (χ4v) is 4.58. The molecular weight excluding hydrogens is 492 g/mol. The van der Waals surface area contributed by atoms with Crippen LogP contribution in [0.15, 0.2) is 72.9 Å². The molecule has 0 radical (unpaired) electrons. The maximum atomic E-state index is 12.7. The number of fused-ring (bicyclic) bond motifs is 1. The topological polar surface area (TPSA) is 104 Å². The maximum absolute atomic E-state index is 12.7. The molecule has 3 N–H and O–H groups in total. The van der Waals surface area contributed by atoms with Crippen LogP contribution in [0.1, 0.15) is 16.1 Å². The molecule has 2 heterocycles. The van der Waals surface area contributed by atoms with Crippen molar-refractivity contribution >= 4 is 45.7 Å². The standard InChI is InChI=1S/C28H25ClN4O4/c29-25-9-7-19(15-24(25)27(34)35)31-28(36)32-26-10-8-21(22-3-1-2-4-23(22)26)18-5-6-20(30-16-18)17-33-11-13-37-14-12-33/h1-10,15-16H,11-14,17H2,(H,34,35)(H2,31,32,36). The second kappa shape index (κ2) is 11.0. The van der Waals surface area contributed by atoms with Gasteiger partial charge in [-0.2, -0.15) is 0 Å². The predicted molar refractivity (Wildman–Crippen MR) is 144 cm³/mol. The minimum absolute atomic E-state index is 0.0844. The number of urea groups is 1. The number of pyridine rings is 1. The summed E-state index contributed by atoms with van der Waals surface area (Å²) in [5.74, 6) is -1.17. The minimum atomic E-state index is -1.17. The number of carbonyl (C=O) groups is 2. The lowest BCUT2D eigenvalue weighted by atomic mass is 9.98. The number of nitrogens with one attached hydrogen (secondary N) is 2. The molecule has 0 saturated carbocycles. The van der Waals surface area contributed by atoms with Crippen molar-refractivity contribution in [2.24, 2.45) is 0 Å². The van der Waals surface area contributed by atoms with Crippen LogP contribution in [-0.2, 0) is 11.3 Å². The fourth-order valence-electron chi connectivity index (χ4n) is 4.38. The SMILES string of the molecule is O=C(Nc1ccc(Cl)c(C(=O)O)c1)Nc1ccc(-c2ccc(CN3CCOCC3)nc2)c2ccccc12. The number of halogens is 1. The van der Waals surface area contributed by atoms with E-state index in [1.807, 2.05) is 42.6 Å². The van der Waals surface area contributed by atoms with E-state index < -0.39 is 12.0 Å². The Morgan fingerprint density at radius 2 is 1.76 bits per heavy atom. The zero-order valence-corrected chi connectivity index (χ0v) is 20.7. The highest BCUT2D eigenvalue weighted by molar-refractivity contribution is 6.33. The Bertz CT molecular complexity index is 1450. The minimum Gasteiger partial charge on any atom is -0.478 e. The van der Waals surface area contributed by atoms with Gasteiger partial charge in [-0.15, -0.1) is 0 Å². The number of hydrogen-bond donors (Lipinski definition) is 3. The van der Waals surface area contributed by atoms with Crippen molar-refractivity contribution in [1.82, 2.24) is 9.88 Å². The van der Waals surface area contributed by atoms with Gasteiger partial charge in [-0.1, -0.05) is 48.0 Å². The molecule has 4 aromatic rings. The van der Waals surface area contributed by atoms with E-state index in [2.05, 4.69) is 32.7 Å². The lowest BCUT2D eigenvalue weighted by molar-refractivity contribution is 0.0336. The number of anilines is 2. The molecule has 1 aromatic heterocycles. The normalized spacial score (nSPS) is 13.9. The summed E-state index contributed by atoms with van der Waals surface area (Å²) in [4.78, 5) is 31.1. The van der Waals surface area contributed by atoms with Crippen molar-refractivity contribution in [3.8, 4) is 11.1 Å². The first kappa shape index (κ1) is 24.7. The molecule has 188 valence electrons. The van der Waals surface area contributed by atoms with Gasteiger partial charge in [0.05, 0.1) is 35.2 Å². The average Bonchev–Trinajstić information content (AvgIpc) is 2.91. The first-order chi connectivity index (χ1) is 18.0. The van der Waals surface area contributed by atoms with E-state index >= 15 is 0 Å². The van der Waals surface area contributed by atoms with E-state index in [4.69, 9.17) is 16.3 Å². The van der Waals surface area contributed by atoms with Gasteiger partial charge >= 0.3 is 12.0 Å². The van der Waals surface area contributed by atoms with Crippen LogP contribution in [0.4, 0.5) is 16.2 Å². The van der Waals surface area contributed by atoms with Crippen LogP contribution < -0.4 is 10.6 Å². The summed E-state index contributed by atoms with van der Waals surface area (Å²) in [6.07, 6.45) is 1.89. The second-order valence-electron chi connectivity index (χ2n) is 8.71. The number of ether oxygens (including phenoxy) is 1. The number of benzene rings is 3. The Labute approximate surface area is 218 Å². The number of amides is 2. The molecule has 2 amide bonds. The van der Waals surface area contributed by atoms with Gasteiger partial charge in [0.1, 0.15) is 0 Å². The Kier molecular flexibility index (Phi) is 7.32. The second-order valence-corrected chi connectivity index (χ2v) is 9.12. The summed E-state index contributed by atoms with van der Waals surface area (Å²) in [6, 6.07) is 19.6. The van der Waals surface area contributed by atoms with E-state index in [9.17, 15) is 14.7 Å². The molecule has 0 spiro atoms. The summed E-state index contributed by atoms with van der Waals surface area (Å²) in [7, 11) is 0. The lowest BCUT2D eigenvalue weighted by Gasteiger charge is -2.26. The third kappa shape index (κ3) is 5.72. The predicted octanol–water partition coefficient (Wildman–Crippen LogP) is 5.73. The van der Waals surface area contributed by atoms with Gasteiger partial charge in [-0.25, -0.2) is 9.59 Å². The maximum Gasteiger partial charge on any atom is 0.337 e. The molecule has 37 heavy (non-hydrogen) atoms. The van der Waals surface area contributed by atoms with Crippen LogP contribution in [0, 0.1) is 0 Å². The van der Waals surface area contributed by atoms with Crippen molar-refractivity contribution in [2.75, 3.05) is 36.9 Å². The number of morpholine rings is 1. The molecule has 3 aromatic carbocycles. The highest BCUT2D eigenvalue weighted by Crippen LogP contribution is 2.33. The summed E-state index contributed by atoms with van der Waals surface area (Å²) in [5.41, 5.74) is 3.87. The number of aromatic carboxylic acids is 1. The lowest BCUT2D eigenvalue weighted by Crippen LogP contribution is -2.35. The van der Waals surface area contributed by atoms with Gasteiger partial charge in [-0.3, -0.25) is 9.88 Å². The first-order valence-electron chi connectivity index (χ1n) is 11.9. The zero-order valence-electron chi connectivity index (χ0n) is 19.9. The summed E-state index contributed by atoms with van der Waals surface area (Å²) in [5, 5.41) is 16.7. The first-order valence-corrected chi connectivity index (χ1v) is 12.2. The molecule has 9 heteroatoms. The van der Waals surface area contributed by atoms with Crippen molar-refractivity contribution in [3.05, 3.63) is 89.2 Å². The molecule has 8 nitrogen and oxygen atoms in total. The van der Waals surface area contributed by atoms with Crippen LogP contribution in [-0.4, -0.2) is 53.3 Å². The molecular formula is C28H25ClN4O4. The fraction of sp³-hybridized carbons (Fsp3) is 0.179. The molecule has 1 fully saturated rings. The van der Waals surface area contributed by atoms with E-state index in [0.29, 0.717) is 11.4 Å². The number of aromatic nitrogens is 1. The highest BCUT2D eigenvalue weighted by Gasteiger charge is 2.14. The van der Waals surface area contributed by atoms with E-state index in [1.54, 1.807) is 6.07 Å². The molecule has 1 aliphatic heterocycles. The molecule has 0 atom stereocenters. The third-order valence-corrected chi connectivity index (χ3v) is 6.58. The Balaban J connectivity index is 1.35. The van der Waals surface area contributed by atoms with Gasteiger partial charge in [0.15, 0.2) is 0 Å². The molecule has 0 unspecified atom stereocenters. The van der Waals surface area contributed by atoms with E-state index in [-0.39, 0.29) is 10.6 Å². The number of carbonyl (C=O) groups excluding carboxylic acids is 1. The number of rotatable bonds is 6. The smallest absolute Gasteiger partial charge is 0.337 e. The van der Waals surface area contributed by atoms with Crippen molar-refractivity contribution < 1.29 is 19.4 Å². The van der Waals surface area contributed by atoms with Crippen LogP contribution in [0.2, 0.25) is 5.02 Å². The van der Waals surface area contributed by atoms with Crippen LogP contribution in [0.5, 0.6) is 0 Å². The van der Waals surface area contributed by atoms with Gasteiger partial charge in [0.2, 0.25) is 0 Å². The Morgan fingerprint density at radius 3 is 2.49 bits per heavy atom. The Hall–Kier alpha value is -3.98. The third-order valence-electron chi connectivity index (χ3n) is 6.25. The molecule has 0 bridgehead atoms.